The maximum absolute atomic E-state index is 5.84. The number of hydrogen-bond donors (Lipinski definition) is 1. The van der Waals surface area contributed by atoms with E-state index in [0.717, 1.165) is 5.52 Å². The van der Waals surface area contributed by atoms with E-state index in [-0.39, 0.29) is 0 Å². The fourth-order valence-electron chi connectivity index (χ4n) is 1.34. The number of aromatic nitrogens is 2. The summed E-state index contributed by atoms with van der Waals surface area (Å²) in [6.45, 7) is 0. The predicted octanol–water partition coefficient (Wildman–Crippen LogP) is 3.21. The van der Waals surface area contributed by atoms with Crippen molar-refractivity contribution in [1.29, 1.82) is 0 Å². The van der Waals surface area contributed by atoms with Crippen LogP contribution in [-0.2, 0) is 0 Å². The summed E-state index contributed by atoms with van der Waals surface area (Å²) in [5.41, 5.74) is 2.05. The van der Waals surface area contributed by atoms with Gasteiger partial charge in [-0.15, -0.1) is 0 Å². The average Bonchev–Trinajstić information content (AvgIpc) is 2.86. The van der Waals surface area contributed by atoms with Gasteiger partial charge in [-0.25, -0.2) is 0 Å². The quantitative estimate of drug-likeness (QED) is 0.739. The minimum Gasteiger partial charge on any atom is -0.423 e. The normalized spacial score (nSPS) is 10.8. The molecule has 5 nitrogen and oxygen atoms in total. The maximum Gasteiger partial charge on any atom is 0.300 e. The van der Waals surface area contributed by atoms with Crippen LogP contribution in [0.2, 0.25) is 5.02 Å². The second kappa shape index (κ2) is 3.53. The van der Waals surface area contributed by atoms with Crippen LogP contribution in [0.1, 0.15) is 0 Å². The molecule has 0 fully saturated rings. The Morgan fingerprint density at radius 2 is 2.25 bits per heavy atom. The van der Waals surface area contributed by atoms with Crippen LogP contribution >= 0.6 is 11.6 Å². The van der Waals surface area contributed by atoms with Gasteiger partial charge in [-0.3, -0.25) is 0 Å². The summed E-state index contributed by atoms with van der Waals surface area (Å²) in [7, 11) is 0. The Morgan fingerprint density at radius 1 is 1.31 bits per heavy atom. The first-order chi connectivity index (χ1) is 7.81. The van der Waals surface area contributed by atoms with Crippen LogP contribution in [0.25, 0.3) is 11.1 Å². The summed E-state index contributed by atoms with van der Waals surface area (Å²) in [4.78, 5) is 4.22. The lowest BCUT2D eigenvalue weighted by molar-refractivity contribution is 0.420. The standard InChI is InChI=1S/C10H6ClN3O2/c11-6-1-2-8-9(3-6)16-10(14-8)13-7-4-12-15-5-7/h1-5H,(H,13,14). The van der Waals surface area contributed by atoms with Crippen molar-refractivity contribution in [3.05, 3.63) is 35.7 Å². The summed E-state index contributed by atoms with van der Waals surface area (Å²) in [6.07, 6.45) is 2.99. The van der Waals surface area contributed by atoms with Crippen molar-refractivity contribution in [2.24, 2.45) is 0 Å². The van der Waals surface area contributed by atoms with Gasteiger partial charge in [0.15, 0.2) is 5.58 Å². The van der Waals surface area contributed by atoms with Gasteiger partial charge in [0.25, 0.3) is 6.01 Å². The highest BCUT2D eigenvalue weighted by Gasteiger charge is 2.06. The number of hydrogen-bond acceptors (Lipinski definition) is 5. The summed E-state index contributed by atoms with van der Waals surface area (Å²) in [5.74, 6) is 0. The number of anilines is 2. The third-order valence-electron chi connectivity index (χ3n) is 2.03. The van der Waals surface area contributed by atoms with Gasteiger partial charge in [0.1, 0.15) is 17.5 Å². The highest BCUT2D eigenvalue weighted by molar-refractivity contribution is 6.31. The molecule has 0 aliphatic heterocycles. The number of rotatable bonds is 2. The van der Waals surface area contributed by atoms with E-state index in [9.17, 15) is 0 Å². The zero-order valence-corrected chi connectivity index (χ0v) is 8.73. The first-order valence-corrected chi connectivity index (χ1v) is 4.91. The molecule has 0 unspecified atom stereocenters. The van der Waals surface area contributed by atoms with Gasteiger partial charge in [0, 0.05) is 11.1 Å². The molecule has 0 spiro atoms. The van der Waals surface area contributed by atoms with Crippen molar-refractivity contribution in [3.63, 3.8) is 0 Å². The summed E-state index contributed by atoms with van der Waals surface area (Å²) in [6, 6.07) is 5.64. The molecule has 16 heavy (non-hydrogen) atoms. The monoisotopic (exact) mass is 235 g/mol. The molecule has 0 aliphatic rings. The molecule has 0 radical (unpaired) electrons. The van der Waals surface area contributed by atoms with Crippen LogP contribution < -0.4 is 5.32 Å². The van der Waals surface area contributed by atoms with Crippen molar-refractivity contribution >= 4 is 34.4 Å². The van der Waals surface area contributed by atoms with Crippen molar-refractivity contribution < 1.29 is 8.94 Å². The van der Waals surface area contributed by atoms with Crippen molar-refractivity contribution in [2.75, 3.05) is 5.32 Å². The summed E-state index contributed by atoms with van der Waals surface area (Å²) >= 11 is 5.84. The highest BCUT2D eigenvalue weighted by atomic mass is 35.5. The molecule has 3 aromatic rings. The van der Waals surface area contributed by atoms with Gasteiger partial charge in [-0.05, 0) is 12.1 Å². The molecule has 3 rings (SSSR count). The van der Waals surface area contributed by atoms with Crippen molar-refractivity contribution in [1.82, 2.24) is 10.1 Å². The molecule has 0 amide bonds. The van der Waals surface area contributed by atoms with E-state index < -0.39 is 0 Å². The average molecular weight is 236 g/mol. The largest absolute Gasteiger partial charge is 0.423 e. The molecule has 1 N–H and O–H groups in total. The van der Waals surface area contributed by atoms with Gasteiger partial charge in [0.2, 0.25) is 0 Å². The number of halogens is 1. The molecule has 6 heteroatoms. The molecule has 2 aromatic heterocycles. The van der Waals surface area contributed by atoms with Crippen LogP contribution in [0, 0.1) is 0 Å². The summed E-state index contributed by atoms with van der Waals surface area (Å²) < 4.78 is 10.1. The van der Waals surface area contributed by atoms with E-state index in [4.69, 9.17) is 16.0 Å². The van der Waals surface area contributed by atoms with E-state index in [1.54, 1.807) is 18.2 Å². The van der Waals surface area contributed by atoms with E-state index in [0.29, 0.717) is 22.3 Å². The zero-order valence-electron chi connectivity index (χ0n) is 7.98. The lowest BCUT2D eigenvalue weighted by Gasteiger charge is -1.92. The van der Waals surface area contributed by atoms with Gasteiger partial charge in [-0.1, -0.05) is 16.8 Å². The second-order valence-corrected chi connectivity index (χ2v) is 3.61. The van der Waals surface area contributed by atoms with Crippen LogP contribution in [0.3, 0.4) is 0 Å². The maximum atomic E-state index is 5.84. The van der Waals surface area contributed by atoms with Gasteiger partial charge < -0.3 is 14.3 Å². The predicted molar refractivity (Wildman–Crippen MR) is 58.8 cm³/mol. The van der Waals surface area contributed by atoms with E-state index in [1.807, 2.05) is 0 Å². The van der Waals surface area contributed by atoms with E-state index in [2.05, 4.69) is 20.0 Å². The Kier molecular flexibility index (Phi) is 2.04. The van der Waals surface area contributed by atoms with E-state index in [1.165, 1.54) is 12.5 Å². The fourth-order valence-corrected chi connectivity index (χ4v) is 1.50. The van der Waals surface area contributed by atoms with Crippen LogP contribution in [0.5, 0.6) is 0 Å². The van der Waals surface area contributed by atoms with E-state index >= 15 is 0 Å². The van der Waals surface area contributed by atoms with Crippen LogP contribution in [-0.4, -0.2) is 10.1 Å². The minimum atomic E-state index is 0.375. The number of fused-ring (bicyclic) bond motifs is 1. The lowest BCUT2D eigenvalue weighted by Crippen LogP contribution is -1.86. The van der Waals surface area contributed by atoms with Gasteiger partial charge in [0.05, 0.1) is 6.20 Å². The molecular weight excluding hydrogens is 230 g/mol. The second-order valence-electron chi connectivity index (χ2n) is 3.17. The summed E-state index contributed by atoms with van der Waals surface area (Å²) in [5, 5.41) is 7.09. The molecule has 0 saturated heterocycles. The Bertz CT molecular complexity index is 618. The third-order valence-corrected chi connectivity index (χ3v) is 2.27. The molecule has 1 aromatic carbocycles. The number of benzene rings is 1. The van der Waals surface area contributed by atoms with Crippen LogP contribution in [0.4, 0.5) is 11.7 Å². The molecule has 0 saturated carbocycles. The molecular formula is C10H6ClN3O2. The minimum absolute atomic E-state index is 0.375. The highest BCUT2D eigenvalue weighted by Crippen LogP contribution is 2.24. The zero-order chi connectivity index (χ0) is 11.0. The number of oxazole rings is 1. The lowest BCUT2D eigenvalue weighted by atomic mass is 10.3. The Morgan fingerprint density at radius 3 is 3.06 bits per heavy atom. The van der Waals surface area contributed by atoms with Crippen molar-refractivity contribution in [3.8, 4) is 0 Å². The van der Waals surface area contributed by atoms with Gasteiger partial charge >= 0.3 is 0 Å². The number of nitrogens with one attached hydrogen (secondary N) is 1. The molecule has 0 aliphatic carbocycles. The molecule has 2 heterocycles. The van der Waals surface area contributed by atoms with Crippen molar-refractivity contribution in [2.45, 2.75) is 0 Å². The molecule has 0 atom stereocenters. The molecule has 0 bridgehead atoms. The SMILES string of the molecule is Clc1ccc2nc(Nc3cnoc3)oc2c1. The van der Waals surface area contributed by atoms with Crippen LogP contribution in [0.15, 0.2) is 39.6 Å². The van der Waals surface area contributed by atoms with Gasteiger partial charge in [-0.2, -0.15) is 4.98 Å². The molecule has 80 valence electrons. The topological polar surface area (TPSA) is 64.1 Å². The smallest absolute Gasteiger partial charge is 0.300 e. The first-order valence-electron chi connectivity index (χ1n) is 4.54. The Hall–Kier alpha value is -2.01. The number of nitrogens with zero attached hydrogens (tertiary/aromatic N) is 2. The Balaban J connectivity index is 1.99. The first kappa shape index (κ1) is 9.23. The Labute approximate surface area is 95.0 Å². The fraction of sp³-hybridized carbons (Fsp3) is 0. The third kappa shape index (κ3) is 1.61.